The third-order valence-electron chi connectivity index (χ3n) is 4.09. The van der Waals surface area contributed by atoms with Crippen LogP contribution in [0.3, 0.4) is 0 Å². The monoisotopic (exact) mass is 315 g/mol. The molecular formula is C18H28F3N. The van der Waals surface area contributed by atoms with Crippen LogP contribution in [0.4, 0.5) is 13.2 Å². The molecule has 0 aromatic heterocycles. The Balaban J connectivity index is 2.56. The standard InChI is InChI=1S/C18H28F3N/c1-2-3-4-5-7-15(8-6-13-22)14-16-9-11-17(12-10-16)18(19,20)21/h9-12,15H,2-8,13-14,22H2,1H3. The molecule has 1 atom stereocenters. The zero-order valence-electron chi connectivity index (χ0n) is 13.5. The van der Waals surface area contributed by atoms with Gasteiger partial charge >= 0.3 is 6.18 Å². The van der Waals surface area contributed by atoms with E-state index in [0.29, 0.717) is 12.5 Å². The number of unbranched alkanes of at least 4 members (excludes halogenated alkanes) is 3. The Bertz CT molecular complexity index is 398. The number of rotatable bonds is 10. The van der Waals surface area contributed by atoms with Crippen molar-refractivity contribution in [3.8, 4) is 0 Å². The van der Waals surface area contributed by atoms with Gasteiger partial charge in [0.25, 0.3) is 0 Å². The molecule has 0 radical (unpaired) electrons. The van der Waals surface area contributed by atoms with Crippen LogP contribution in [-0.2, 0) is 12.6 Å². The van der Waals surface area contributed by atoms with E-state index in [2.05, 4.69) is 6.92 Å². The minimum atomic E-state index is -4.25. The molecule has 2 N–H and O–H groups in total. The predicted molar refractivity (Wildman–Crippen MR) is 85.7 cm³/mol. The van der Waals surface area contributed by atoms with Gasteiger partial charge in [0.15, 0.2) is 0 Å². The van der Waals surface area contributed by atoms with Gasteiger partial charge in [-0.1, -0.05) is 51.2 Å². The first kappa shape index (κ1) is 19.0. The van der Waals surface area contributed by atoms with Gasteiger partial charge in [-0.25, -0.2) is 0 Å². The Hall–Kier alpha value is -1.03. The fourth-order valence-corrected chi connectivity index (χ4v) is 2.78. The minimum absolute atomic E-state index is 0.525. The Kier molecular flexibility index (Phi) is 8.54. The van der Waals surface area contributed by atoms with Crippen LogP contribution in [0.1, 0.15) is 63.0 Å². The van der Waals surface area contributed by atoms with Gasteiger partial charge in [-0.05, 0) is 49.4 Å². The lowest BCUT2D eigenvalue weighted by molar-refractivity contribution is -0.137. The van der Waals surface area contributed by atoms with Crippen molar-refractivity contribution >= 4 is 0 Å². The average Bonchev–Trinajstić information content (AvgIpc) is 2.48. The van der Waals surface area contributed by atoms with Crippen molar-refractivity contribution in [2.75, 3.05) is 6.54 Å². The number of halogens is 3. The molecule has 1 aromatic rings. The Morgan fingerprint density at radius 1 is 0.955 bits per heavy atom. The van der Waals surface area contributed by atoms with Crippen LogP contribution in [-0.4, -0.2) is 6.54 Å². The Labute approximate surface area is 132 Å². The van der Waals surface area contributed by atoms with E-state index in [1.54, 1.807) is 12.1 Å². The lowest BCUT2D eigenvalue weighted by Crippen LogP contribution is -2.09. The van der Waals surface area contributed by atoms with Crippen LogP contribution >= 0.6 is 0 Å². The average molecular weight is 315 g/mol. The van der Waals surface area contributed by atoms with E-state index < -0.39 is 11.7 Å². The van der Waals surface area contributed by atoms with Crippen molar-refractivity contribution in [1.29, 1.82) is 0 Å². The highest BCUT2D eigenvalue weighted by atomic mass is 19.4. The van der Waals surface area contributed by atoms with E-state index in [1.807, 2.05) is 0 Å². The van der Waals surface area contributed by atoms with Crippen molar-refractivity contribution < 1.29 is 13.2 Å². The zero-order valence-corrected chi connectivity index (χ0v) is 13.5. The summed E-state index contributed by atoms with van der Waals surface area (Å²) in [4.78, 5) is 0. The highest BCUT2D eigenvalue weighted by molar-refractivity contribution is 5.24. The predicted octanol–water partition coefficient (Wildman–Crippen LogP) is 5.57. The Morgan fingerprint density at radius 2 is 1.59 bits per heavy atom. The molecule has 126 valence electrons. The highest BCUT2D eigenvalue weighted by Crippen LogP contribution is 2.30. The van der Waals surface area contributed by atoms with Crippen LogP contribution in [0.5, 0.6) is 0 Å². The molecule has 0 aliphatic heterocycles. The van der Waals surface area contributed by atoms with Gasteiger partial charge in [0.05, 0.1) is 5.56 Å². The molecule has 4 heteroatoms. The van der Waals surface area contributed by atoms with Gasteiger partial charge in [-0.15, -0.1) is 0 Å². The van der Waals surface area contributed by atoms with Crippen molar-refractivity contribution in [2.45, 2.75) is 64.5 Å². The fraction of sp³-hybridized carbons (Fsp3) is 0.667. The molecule has 1 unspecified atom stereocenters. The lowest BCUT2D eigenvalue weighted by Gasteiger charge is -2.17. The second kappa shape index (κ2) is 9.88. The zero-order chi connectivity index (χ0) is 16.4. The summed E-state index contributed by atoms with van der Waals surface area (Å²) in [7, 11) is 0. The lowest BCUT2D eigenvalue weighted by atomic mass is 9.89. The minimum Gasteiger partial charge on any atom is -0.330 e. The first-order valence-electron chi connectivity index (χ1n) is 8.33. The molecule has 0 saturated carbocycles. The molecule has 1 nitrogen and oxygen atoms in total. The third-order valence-corrected chi connectivity index (χ3v) is 4.09. The van der Waals surface area contributed by atoms with Gasteiger partial charge in [0, 0.05) is 0 Å². The summed E-state index contributed by atoms with van der Waals surface area (Å²) < 4.78 is 37.7. The van der Waals surface area contributed by atoms with Crippen LogP contribution in [0.15, 0.2) is 24.3 Å². The normalized spacial score (nSPS) is 13.3. The first-order chi connectivity index (χ1) is 10.5. The summed E-state index contributed by atoms with van der Waals surface area (Å²) in [6.45, 7) is 2.87. The highest BCUT2D eigenvalue weighted by Gasteiger charge is 2.29. The van der Waals surface area contributed by atoms with Gasteiger partial charge in [-0.2, -0.15) is 13.2 Å². The maximum Gasteiger partial charge on any atom is 0.416 e. The summed E-state index contributed by atoms with van der Waals surface area (Å²) >= 11 is 0. The summed E-state index contributed by atoms with van der Waals surface area (Å²) in [5.41, 5.74) is 6.01. The van der Waals surface area contributed by atoms with E-state index in [0.717, 1.165) is 31.2 Å². The third kappa shape index (κ3) is 7.30. The van der Waals surface area contributed by atoms with E-state index in [-0.39, 0.29) is 0 Å². The SMILES string of the molecule is CCCCCCC(CCCN)Cc1ccc(C(F)(F)F)cc1. The molecule has 0 fully saturated rings. The molecule has 1 rings (SSSR count). The van der Waals surface area contributed by atoms with Crippen molar-refractivity contribution in [3.05, 3.63) is 35.4 Å². The largest absolute Gasteiger partial charge is 0.416 e. The molecule has 0 spiro atoms. The van der Waals surface area contributed by atoms with Gasteiger partial charge < -0.3 is 5.73 Å². The topological polar surface area (TPSA) is 26.0 Å². The fourth-order valence-electron chi connectivity index (χ4n) is 2.78. The maximum atomic E-state index is 12.6. The van der Waals surface area contributed by atoms with Crippen LogP contribution < -0.4 is 5.73 Å². The van der Waals surface area contributed by atoms with Crippen LogP contribution in [0.2, 0.25) is 0 Å². The number of benzene rings is 1. The smallest absolute Gasteiger partial charge is 0.330 e. The van der Waals surface area contributed by atoms with E-state index in [9.17, 15) is 13.2 Å². The van der Waals surface area contributed by atoms with E-state index >= 15 is 0 Å². The number of nitrogens with two attached hydrogens (primary N) is 1. The molecule has 1 aromatic carbocycles. The Morgan fingerprint density at radius 3 is 2.14 bits per heavy atom. The first-order valence-corrected chi connectivity index (χ1v) is 8.33. The van der Waals surface area contributed by atoms with Crippen molar-refractivity contribution in [3.63, 3.8) is 0 Å². The van der Waals surface area contributed by atoms with Gasteiger partial charge in [0.1, 0.15) is 0 Å². The molecule has 0 heterocycles. The number of alkyl halides is 3. The summed E-state index contributed by atoms with van der Waals surface area (Å²) in [5, 5.41) is 0. The molecule has 0 aliphatic carbocycles. The molecule has 22 heavy (non-hydrogen) atoms. The summed E-state index contributed by atoms with van der Waals surface area (Å²) in [6, 6.07) is 5.60. The number of hydrogen-bond donors (Lipinski definition) is 1. The van der Waals surface area contributed by atoms with Gasteiger partial charge in [-0.3, -0.25) is 0 Å². The molecule has 0 saturated heterocycles. The molecular weight excluding hydrogens is 287 g/mol. The van der Waals surface area contributed by atoms with Crippen LogP contribution in [0, 0.1) is 5.92 Å². The second-order valence-corrected chi connectivity index (χ2v) is 6.05. The second-order valence-electron chi connectivity index (χ2n) is 6.05. The number of hydrogen-bond acceptors (Lipinski definition) is 1. The molecule has 0 amide bonds. The summed E-state index contributed by atoms with van der Waals surface area (Å²) in [6.07, 6.45) is 4.69. The van der Waals surface area contributed by atoms with Gasteiger partial charge in [0.2, 0.25) is 0 Å². The quantitative estimate of drug-likeness (QED) is 0.561. The van der Waals surface area contributed by atoms with Crippen LogP contribution in [0.25, 0.3) is 0 Å². The van der Waals surface area contributed by atoms with Crippen molar-refractivity contribution in [2.24, 2.45) is 11.7 Å². The van der Waals surface area contributed by atoms with Crippen molar-refractivity contribution in [1.82, 2.24) is 0 Å². The van der Waals surface area contributed by atoms with E-state index in [1.165, 1.54) is 37.8 Å². The summed E-state index contributed by atoms with van der Waals surface area (Å²) in [5.74, 6) is 0.525. The molecule has 0 bridgehead atoms. The maximum absolute atomic E-state index is 12.6. The van der Waals surface area contributed by atoms with E-state index in [4.69, 9.17) is 5.73 Å². The molecule has 0 aliphatic rings.